The van der Waals surface area contributed by atoms with Gasteiger partial charge in [-0.3, -0.25) is 0 Å². The fraction of sp³-hybridized carbons (Fsp3) is 0.400. The van der Waals surface area contributed by atoms with Gasteiger partial charge in [-0.15, -0.1) is 9.81 Å². The molecule has 0 amide bonds. The van der Waals surface area contributed by atoms with Crippen LogP contribution in [0, 0.1) is 33.5 Å². The number of nitroso groups, excluding NO2 is 2. The van der Waals surface area contributed by atoms with Gasteiger partial charge < -0.3 is 0 Å². The molecule has 4 fully saturated rings. The van der Waals surface area contributed by atoms with Gasteiger partial charge in [-0.2, -0.15) is 0 Å². The van der Waals surface area contributed by atoms with Crippen LogP contribution in [0.1, 0.15) is 97.8 Å². The monoisotopic (exact) mass is 612 g/mol. The second-order valence-electron chi connectivity index (χ2n) is 13.7. The predicted molar refractivity (Wildman–Crippen MR) is 183 cm³/mol. The molecule has 2 aliphatic carbocycles. The molecule has 2 heterocycles. The Morgan fingerprint density at radius 3 is 0.848 bits per heavy atom. The molecule has 46 heavy (non-hydrogen) atoms. The Bertz CT molecular complexity index is 1330. The topological polar surface area (TPSA) is 65.3 Å². The SMILES string of the molecule is O=NN1[C@H](c2ccccc2)[C@@H]2CCC[C@@H](C2)[C@@H]1c1ccccc1.O=NN1[C@H](c2ccccc2)[C@@H]2CCC[C@@H](C2)[C@@H]1c1ccccc1. The van der Waals surface area contributed by atoms with Gasteiger partial charge in [-0.1, -0.05) is 134 Å². The Morgan fingerprint density at radius 2 is 0.630 bits per heavy atom. The van der Waals surface area contributed by atoms with Crippen LogP contribution in [0.2, 0.25) is 0 Å². The van der Waals surface area contributed by atoms with Crippen molar-refractivity contribution in [2.45, 2.75) is 75.5 Å². The van der Waals surface area contributed by atoms with Crippen LogP contribution in [-0.2, 0) is 0 Å². The summed E-state index contributed by atoms with van der Waals surface area (Å²) in [6.45, 7) is 0. The lowest BCUT2D eigenvalue weighted by Crippen LogP contribution is -2.44. The number of nitrogens with zero attached hydrogens (tertiary/aromatic N) is 4. The zero-order chi connectivity index (χ0) is 31.3. The Kier molecular flexibility index (Phi) is 9.22. The van der Waals surface area contributed by atoms with Crippen LogP contribution in [0.4, 0.5) is 0 Å². The third-order valence-corrected chi connectivity index (χ3v) is 11.2. The Labute approximate surface area is 272 Å². The number of benzene rings is 4. The van der Waals surface area contributed by atoms with Gasteiger partial charge in [0.15, 0.2) is 0 Å². The molecule has 4 aromatic carbocycles. The van der Waals surface area contributed by atoms with E-state index in [9.17, 15) is 9.81 Å². The molecule has 0 spiro atoms. The molecular weight excluding hydrogens is 568 g/mol. The lowest BCUT2D eigenvalue weighted by atomic mass is 9.68. The van der Waals surface area contributed by atoms with E-state index in [1.54, 1.807) is 0 Å². The van der Waals surface area contributed by atoms with E-state index in [2.05, 4.69) is 108 Å². The summed E-state index contributed by atoms with van der Waals surface area (Å²) in [5.41, 5.74) is 4.88. The number of hydrogen-bond acceptors (Lipinski definition) is 4. The number of piperidine rings is 2. The second-order valence-corrected chi connectivity index (χ2v) is 13.7. The van der Waals surface area contributed by atoms with Gasteiger partial charge in [0.1, 0.15) is 0 Å². The molecular formula is C40H44N4O2. The highest BCUT2D eigenvalue weighted by Gasteiger charge is 2.47. The minimum Gasteiger partial charge on any atom is -0.245 e. The Hall–Kier alpha value is -4.32. The molecule has 8 rings (SSSR count). The minimum atomic E-state index is 0.107. The summed E-state index contributed by atoms with van der Waals surface area (Å²) >= 11 is 0. The summed E-state index contributed by atoms with van der Waals surface area (Å²) < 4.78 is 0. The van der Waals surface area contributed by atoms with Crippen LogP contribution >= 0.6 is 0 Å². The van der Waals surface area contributed by atoms with Gasteiger partial charge in [0, 0.05) is 0 Å². The molecule has 236 valence electrons. The second kappa shape index (κ2) is 14.0. The van der Waals surface area contributed by atoms with Gasteiger partial charge in [0.05, 0.1) is 34.7 Å². The molecule has 0 radical (unpaired) electrons. The van der Waals surface area contributed by atoms with Crippen molar-refractivity contribution >= 4 is 0 Å². The maximum Gasteiger partial charge on any atom is 0.0787 e. The van der Waals surface area contributed by atoms with Gasteiger partial charge in [-0.05, 0) is 84.5 Å². The zero-order valence-corrected chi connectivity index (χ0v) is 26.4. The lowest BCUT2D eigenvalue weighted by Gasteiger charge is -2.50. The molecule has 0 N–H and O–H groups in total. The van der Waals surface area contributed by atoms with E-state index in [-0.39, 0.29) is 24.2 Å². The first kappa shape index (κ1) is 30.3. The van der Waals surface area contributed by atoms with Gasteiger partial charge in [-0.25, -0.2) is 10.0 Å². The maximum absolute atomic E-state index is 11.8. The average molecular weight is 613 g/mol. The van der Waals surface area contributed by atoms with Crippen molar-refractivity contribution < 1.29 is 0 Å². The molecule has 2 saturated heterocycles. The van der Waals surface area contributed by atoms with E-state index in [0.717, 1.165) is 0 Å². The molecule has 4 aliphatic rings. The molecule has 8 atom stereocenters. The van der Waals surface area contributed by atoms with Crippen LogP contribution in [0.15, 0.2) is 132 Å². The van der Waals surface area contributed by atoms with Crippen LogP contribution in [0.5, 0.6) is 0 Å². The minimum absolute atomic E-state index is 0.107. The standard InChI is InChI=1S/2C20H22N2O/c2*23-21-22-19(15-8-3-1-4-9-15)17-12-7-13-18(14-17)20(22)16-10-5-2-6-11-16/h2*1-6,8-11,17-20H,7,12-14H2/t2*17-,18+,19-,20+. The molecule has 0 unspecified atom stereocenters. The third-order valence-electron chi connectivity index (χ3n) is 11.2. The van der Waals surface area contributed by atoms with Crippen molar-refractivity contribution in [1.82, 2.24) is 10.0 Å². The number of rotatable bonds is 6. The Morgan fingerprint density at radius 1 is 0.391 bits per heavy atom. The van der Waals surface area contributed by atoms with E-state index >= 15 is 0 Å². The van der Waals surface area contributed by atoms with Gasteiger partial charge in [0.25, 0.3) is 0 Å². The quantitative estimate of drug-likeness (QED) is 0.203. The molecule has 2 saturated carbocycles. The van der Waals surface area contributed by atoms with Crippen LogP contribution in [-0.4, -0.2) is 10.0 Å². The zero-order valence-electron chi connectivity index (χ0n) is 26.4. The molecule has 6 nitrogen and oxygen atoms in total. The van der Waals surface area contributed by atoms with Crippen LogP contribution in [0.3, 0.4) is 0 Å². The van der Waals surface area contributed by atoms with Crippen molar-refractivity contribution in [1.29, 1.82) is 0 Å². The Balaban J connectivity index is 0.000000147. The highest BCUT2D eigenvalue weighted by atomic mass is 16.3. The van der Waals surface area contributed by atoms with Crippen molar-refractivity contribution in [2.24, 2.45) is 34.2 Å². The molecule has 2 aliphatic heterocycles. The fourth-order valence-electron chi connectivity index (χ4n) is 9.39. The smallest absolute Gasteiger partial charge is 0.0787 e. The van der Waals surface area contributed by atoms with Crippen LogP contribution in [0.25, 0.3) is 0 Å². The van der Waals surface area contributed by atoms with E-state index in [1.165, 1.54) is 73.6 Å². The van der Waals surface area contributed by atoms with Crippen molar-refractivity contribution in [2.75, 3.05) is 0 Å². The first-order chi connectivity index (χ1) is 22.8. The molecule has 6 heteroatoms. The van der Waals surface area contributed by atoms with Gasteiger partial charge >= 0.3 is 0 Å². The number of fused-ring (bicyclic) bond motifs is 4. The van der Waals surface area contributed by atoms with Gasteiger partial charge in [0.2, 0.25) is 0 Å². The summed E-state index contributed by atoms with van der Waals surface area (Å²) in [6, 6.07) is 42.1. The van der Waals surface area contributed by atoms with E-state index in [1.807, 2.05) is 34.3 Å². The number of hydrogen-bond donors (Lipinski definition) is 0. The molecule has 0 aromatic heterocycles. The normalized spacial score (nSPS) is 30.0. The van der Waals surface area contributed by atoms with E-state index in [0.29, 0.717) is 23.7 Å². The highest BCUT2D eigenvalue weighted by molar-refractivity contribution is 5.28. The lowest BCUT2D eigenvalue weighted by molar-refractivity contribution is -0.0314. The maximum atomic E-state index is 11.8. The van der Waals surface area contributed by atoms with E-state index in [4.69, 9.17) is 0 Å². The largest absolute Gasteiger partial charge is 0.245 e. The third kappa shape index (κ3) is 5.97. The molecule has 4 aromatic rings. The van der Waals surface area contributed by atoms with Crippen LogP contribution < -0.4 is 0 Å². The fourth-order valence-corrected chi connectivity index (χ4v) is 9.39. The first-order valence-electron chi connectivity index (χ1n) is 17.2. The first-order valence-corrected chi connectivity index (χ1v) is 17.2. The average Bonchev–Trinajstić information content (AvgIpc) is 3.13. The molecule has 4 bridgehead atoms. The predicted octanol–water partition coefficient (Wildman–Crippen LogP) is 10.5. The summed E-state index contributed by atoms with van der Waals surface area (Å²) in [5, 5.41) is 10.8. The highest BCUT2D eigenvalue weighted by Crippen LogP contribution is 2.55. The summed E-state index contributed by atoms with van der Waals surface area (Å²) in [4.78, 5) is 23.7. The van der Waals surface area contributed by atoms with Crippen molar-refractivity contribution in [3.63, 3.8) is 0 Å². The summed E-state index contributed by atoms with van der Waals surface area (Å²) in [6.07, 6.45) is 9.71. The summed E-state index contributed by atoms with van der Waals surface area (Å²) in [5.74, 6) is 2.14. The van der Waals surface area contributed by atoms with Crippen molar-refractivity contribution in [3.8, 4) is 0 Å². The van der Waals surface area contributed by atoms with E-state index < -0.39 is 0 Å². The van der Waals surface area contributed by atoms with Crippen molar-refractivity contribution in [3.05, 3.63) is 153 Å². The summed E-state index contributed by atoms with van der Waals surface area (Å²) in [7, 11) is 0.